The molecule has 4 heterocycles. The first-order chi connectivity index (χ1) is 14.8. The fraction of sp³-hybridized carbons (Fsp3) is 0.571. The number of aromatic nitrogens is 2. The number of nitrogens with one attached hydrogen (secondary N) is 1. The molecule has 3 amide bonds. The number of rotatable bonds is 5. The van der Waals surface area contributed by atoms with E-state index in [9.17, 15) is 18.0 Å². The van der Waals surface area contributed by atoms with Crippen molar-refractivity contribution >= 4 is 33.2 Å². The highest BCUT2D eigenvalue weighted by Gasteiger charge is 2.43. The van der Waals surface area contributed by atoms with E-state index in [-0.39, 0.29) is 23.6 Å². The van der Waals surface area contributed by atoms with E-state index < -0.39 is 16.1 Å². The highest BCUT2D eigenvalue weighted by Crippen LogP contribution is 2.36. The summed E-state index contributed by atoms with van der Waals surface area (Å²) in [7, 11) is -3.13. The number of urea groups is 1. The lowest BCUT2D eigenvalue weighted by atomic mass is 9.88. The van der Waals surface area contributed by atoms with E-state index in [0.29, 0.717) is 24.7 Å². The molecule has 166 valence electrons. The van der Waals surface area contributed by atoms with Gasteiger partial charge in [0.05, 0.1) is 22.7 Å². The van der Waals surface area contributed by atoms with Crippen LogP contribution in [0.1, 0.15) is 44.6 Å². The van der Waals surface area contributed by atoms with Crippen LogP contribution in [0.4, 0.5) is 10.5 Å². The molecule has 0 spiro atoms. The number of imide groups is 1. The topological polar surface area (TPSA) is 104 Å². The van der Waals surface area contributed by atoms with E-state index in [0.717, 1.165) is 43.2 Å². The largest absolute Gasteiger partial charge is 0.328 e. The van der Waals surface area contributed by atoms with Crippen molar-refractivity contribution in [3.05, 3.63) is 30.1 Å². The molecular weight excluding hydrogens is 418 g/mol. The quantitative estimate of drug-likeness (QED) is 0.757. The number of piperidine rings is 1. The van der Waals surface area contributed by atoms with Crippen LogP contribution in [0, 0.1) is 5.92 Å². The van der Waals surface area contributed by atoms with Crippen molar-refractivity contribution < 1.29 is 18.0 Å². The van der Waals surface area contributed by atoms with Crippen LogP contribution in [-0.2, 0) is 21.2 Å². The van der Waals surface area contributed by atoms with Crippen molar-refractivity contribution in [2.75, 3.05) is 18.0 Å². The number of carbonyl (C=O) groups excluding carboxylic acids is 2. The predicted molar refractivity (Wildman–Crippen MR) is 115 cm³/mol. The Bertz CT molecular complexity index is 1140. The number of sulfonamides is 1. The second kappa shape index (κ2) is 7.59. The van der Waals surface area contributed by atoms with Crippen molar-refractivity contribution in [2.24, 2.45) is 5.92 Å². The summed E-state index contributed by atoms with van der Waals surface area (Å²) in [6.45, 7) is 2.94. The number of anilines is 1. The Morgan fingerprint density at radius 3 is 2.71 bits per heavy atom. The third-order valence-electron chi connectivity index (χ3n) is 6.63. The minimum Gasteiger partial charge on any atom is -0.290 e. The van der Waals surface area contributed by atoms with Crippen molar-refractivity contribution in [3.8, 4) is 0 Å². The molecule has 9 nitrogen and oxygen atoms in total. The molecule has 0 bridgehead atoms. The maximum Gasteiger partial charge on any atom is 0.328 e. The molecule has 2 aliphatic heterocycles. The number of carbonyl (C=O) groups is 2. The van der Waals surface area contributed by atoms with Crippen LogP contribution in [0.2, 0.25) is 0 Å². The van der Waals surface area contributed by atoms with Gasteiger partial charge in [0, 0.05) is 31.7 Å². The van der Waals surface area contributed by atoms with Crippen molar-refractivity contribution in [1.82, 2.24) is 19.2 Å². The zero-order valence-electron chi connectivity index (χ0n) is 17.5. The molecule has 2 aromatic heterocycles. The van der Waals surface area contributed by atoms with Crippen LogP contribution in [0.15, 0.2) is 24.5 Å². The smallest absolute Gasteiger partial charge is 0.290 e. The molecule has 0 aromatic carbocycles. The average molecular weight is 446 g/mol. The lowest BCUT2D eigenvalue weighted by Gasteiger charge is -2.37. The molecule has 2 atom stereocenters. The van der Waals surface area contributed by atoms with Gasteiger partial charge in [-0.2, -0.15) is 9.40 Å². The van der Waals surface area contributed by atoms with Crippen molar-refractivity contribution in [1.29, 1.82) is 0 Å². The SMILES string of the molecule is C[C@H]1C[C@H](Cc2ccn3ncc(N4CCC(=O)NC4=O)c3c2)CCN1S(=O)(=O)C1CC1. The molecule has 10 heteroatoms. The molecule has 2 saturated heterocycles. The highest BCUT2D eigenvalue weighted by molar-refractivity contribution is 7.90. The van der Waals surface area contributed by atoms with E-state index in [1.807, 2.05) is 25.3 Å². The van der Waals surface area contributed by atoms with E-state index in [1.54, 1.807) is 19.9 Å². The van der Waals surface area contributed by atoms with E-state index >= 15 is 0 Å². The molecule has 31 heavy (non-hydrogen) atoms. The van der Waals surface area contributed by atoms with Crippen LogP contribution in [0.3, 0.4) is 0 Å². The summed E-state index contributed by atoms with van der Waals surface area (Å²) in [5.74, 6) is 0.146. The van der Waals surface area contributed by atoms with Gasteiger partial charge in [0.25, 0.3) is 0 Å². The van der Waals surface area contributed by atoms with Gasteiger partial charge in [0.15, 0.2) is 0 Å². The lowest BCUT2D eigenvalue weighted by molar-refractivity contribution is -0.120. The fourth-order valence-corrected chi connectivity index (χ4v) is 6.90. The number of fused-ring (bicyclic) bond motifs is 1. The summed E-state index contributed by atoms with van der Waals surface area (Å²) in [4.78, 5) is 25.3. The van der Waals surface area contributed by atoms with E-state index in [1.165, 1.54) is 0 Å². The zero-order valence-corrected chi connectivity index (χ0v) is 18.3. The second-order valence-corrected chi connectivity index (χ2v) is 11.1. The number of pyridine rings is 1. The van der Waals surface area contributed by atoms with Gasteiger partial charge in [0.2, 0.25) is 15.9 Å². The number of nitrogens with zero attached hydrogens (tertiary/aromatic N) is 4. The van der Waals surface area contributed by atoms with Crippen molar-refractivity contribution in [2.45, 2.75) is 56.7 Å². The Morgan fingerprint density at radius 1 is 1.19 bits per heavy atom. The molecule has 3 fully saturated rings. The molecule has 5 rings (SSSR count). The Balaban J connectivity index is 1.31. The molecule has 0 unspecified atom stereocenters. The van der Waals surface area contributed by atoms with Gasteiger partial charge in [-0.05, 0) is 62.6 Å². The molecule has 1 aliphatic carbocycles. The van der Waals surface area contributed by atoms with Crippen LogP contribution in [0.5, 0.6) is 0 Å². The van der Waals surface area contributed by atoms with Crippen LogP contribution >= 0.6 is 0 Å². The Hall–Kier alpha value is -2.46. The highest BCUT2D eigenvalue weighted by atomic mass is 32.2. The first-order valence-electron chi connectivity index (χ1n) is 10.9. The van der Waals surface area contributed by atoms with Crippen LogP contribution in [-0.4, -0.2) is 58.7 Å². The van der Waals surface area contributed by atoms with Gasteiger partial charge in [-0.25, -0.2) is 17.7 Å². The summed E-state index contributed by atoms with van der Waals surface area (Å²) in [5, 5.41) is 6.54. The lowest BCUT2D eigenvalue weighted by Crippen LogP contribution is -2.49. The van der Waals surface area contributed by atoms with Gasteiger partial charge in [-0.3, -0.25) is 15.0 Å². The summed E-state index contributed by atoms with van der Waals surface area (Å²) >= 11 is 0. The predicted octanol–water partition coefficient (Wildman–Crippen LogP) is 1.92. The fourth-order valence-electron chi connectivity index (χ4n) is 4.84. The summed E-state index contributed by atoms with van der Waals surface area (Å²) in [6.07, 6.45) is 7.95. The Labute approximate surface area is 181 Å². The average Bonchev–Trinajstić information content (AvgIpc) is 3.50. The van der Waals surface area contributed by atoms with E-state index in [4.69, 9.17) is 0 Å². The second-order valence-electron chi connectivity index (χ2n) is 8.95. The maximum absolute atomic E-state index is 12.6. The molecule has 2 aromatic rings. The van der Waals surface area contributed by atoms with Gasteiger partial charge in [0.1, 0.15) is 0 Å². The van der Waals surface area contributed by atoms with Crippen LogP contribution in [0.25, 0.3) is 5.52 Å². The normalized spacial score (nSPS) is 25.8. The van der Waals surface area contributed by atoms with Gasteiger partial charge in [-0.1, -0.05) is 0 Å². The monoisotopic (exact) mass is 445 g/mol. The summed E-state index contributed by atoms with van der Waals surface area (Å²) < 4.78 is 28.7. The number of amides is 3. The molecule has 0 radical (unpaired) electrons. The standard InChI is InChI=1S/C21H27N5O4S/c1-14-10-15(5-9-26(14)31(29,30)17-2-3-17)11-16-4-8-25-18(12-16)19(13-22-25)24-7-6-20(27)23-21(24)28/h4,8,12-15,17H,2-3,5-7,9-11H2,1H3,(H,23,27,28)/t14-,15+/m0/s1. The number of hydrogen-bond acceptors (Lipinski definition) is 5. The van der Waals surface area contributed by atoms with Crippen LogP contribution < -0.4 is 10.2 Å². The molecule has 3 aliphatic rings. The van der Waals surface area contributed by atoms with Gasteiger partial charge < -0.3 is 0 Å². The first kappa shape index (κ1) is 20.4. The Kier molecular flexibility index (Phi) is 5.01. The molecule has 1 saturated carbocycles. The summed E-state index contributed by atoms with van der Waals surface area (Å²) in [5.41, 5.74) is 2.65. The Morgan fingerprint density at radius 2 is 2.00 bits per heavy atom. The molecule has 1 N–H and O–H groups in total. The first-order valence-corrected chi connectivity index (χ1v) is 12.4. The third-order valence-corrected chi connectivity index (χ3v) is 9.14. The summed E-state index contributed by atoms with van der Waals surface area (Å²) in [6, 6.07) is 3.67. The zero-order chi connectivity index (χ0) is 21.8. The molecular formula is C21H27N5O4S. The minimum absolute atomic E-state index is 0.0215. The minimum atomic E-state index is -3.13. The van der Waals surface area contributed by atoms with Crippen molar-refractivity contribution in [3.63, 3.8) is 0 Å². The maximum atomic E-state index is 12.6. The van der Waals surface area contributed by atoms with E-state index in [2.05, 4.69) is 10.4 Å². The number of hydrogen-bond donors (Lipinski definition) is 1. The third kappa shape index (κ3) is 3.82. The van der Waals surface area contributed by atoms with Gasteiger partial charge >= 0.3 is 6.03 Å². The van der Waals surface area contributed by atoms with Gasteiger partial charge in [-0.15, -0.1) is 0 Å².